The maximum Gasteiger partial charge on any atom is 0.338 e. The lowest BCUT2D eigenvalue weighted by atomic mass is 10.0. The lowest BCUT2D eigenvalue weighted by molar-refractivity contribution is -0.139. The molecule has 0 aliphatic carbocycles. The molecule has 1 atom stereocenters. The van der Waals surface area contributed by atoms with Gasteiger partial charge in [-0.3, -0.25) is 0 Å². The topological polar surface area (TPSA) is 67.4 Å². The van der Waals surface area contributed by atoms with Gasteiger partial charge in [0.1, 0.15) is 0 Å². The van der Waals surface area contributed by atoms with Crippen LogP contribution >= 0.6 is 11.3 Å². The van der Waals surface area contributed by atoms with Gasteiger partial charge < -0.3 is 15.4 Å². The molecule has 0 saturated carbocycles. The molecule has 3 rings (SSSR count). The van der Waals surface area contributed by atoms with Crippen molar-refractivity contribution in [2.75, 3.05) is 6.61 Å². The number of carbonyl (C=O) groups excluding carboxylic acids is 2. The third kappa shape index (κ3) is 3.19. The Balaban J connectivity index is 1.97. The summed E-state index contributed by atoms with van der Waals surface area (Å²) in [6.45, 7) is 3.76. The summed E-state index contributed by atoms with van der Waals surface area (Å²) in [5, 5.41) is 5.46. The molecular formula is C18H18N2O3S. The molecule has 0 bridgehead atoms. The molecule has 1 aromatic heterocycles. The standard InChI is InChI=1S/C18H18N2O3S/c1-3-23-17(21)15-11(2)19-18(22)20-16(15)14-10-9-13(24-14)12-7-5-4-6-8-12/h4-10,16H,3H2,1-2H3,(H2,19,20,22)/t16-/m1/s1. The van der Waals surface area contributed by atoms with E-state index >= 15 is 0 Å². The molecule has 1 aliphatic rings. The monoisotopic (exact) mass is 342 g/mol. The number of benzene rings is 1. The summed E-state index contributed by atoms with van der Waals surface area (Å²) < 4.78 is 5.15. The first kappa shape index (κ1) is 16.3. The van der Waals surface area contributed by atoms with Crippen molar-refractivity contribution in [3.05, 3.63) is 58.6 Å². The van der Waals surface area contributed by atoms with E-state index in [4.69, 9.17) is 4.74 Å². The molecule has 0 saturated heterocycles. The van der Waals surface area contributed by atoms with E-state index in [0.29, 0.717) is 11.3 Å². The lowest BCUT2D eigenvalue weighted by Crippen LogP contribution is -2.45. The van der Waals surface area contributed by atoms with Gasteiger partial charge in [0.2, 0.25) is 0 Å². The number of nitrogens with one attached hydrogen (secondary N) is 2. The van der Waals surface area contributed by atoms with Crippen molar-refractivity contribution in [2.45, 2.75) is 19.9 Å². The Morgan fingerprint density at radius 1 is 1.21 bits per heavy atom. The predicted molar refractivity (Wildman–Crippen MR) is 93.5 cm³/mol. The van der Waals surface area contributed by atoms with E-state index in [1.807, 2.05) is 42.5 Å². The van der Waals surface area contributed by atoms with Crippen molar-refractivity contribution in [1.82, 2.24) is 10.6 Å². The number of urea groups is 1. The molecule has 2 aromatic rings. The van der Waals surface area contributed by atoms with E-state index in [-0.39, 0.29) is 12.6 Å². The summed E-state index contributed by atoms with van der Waals surface area (Å²) in [5.74, 6) is -0.415. The zero-order valence-corrected chi connectivity index (χ0v) is 14.3. The van der Waals surface area contributed by atoms with Crippen LogP contribution in [-0.4, -0.2) is 18.6 Å². The number of rotatable bonds is 4. The highest BCUT2D eigenvalue weighted by Gasteiger charge is 2.33. The molecular weight excluding hydrogens is 324 g/mol. The van der Waals surface area contributed by atoms with Gasteiger partial charge in [-0.05, 0) is 31.5 Å². The van der Waals surface area contributed by atoms with Crippen LogP contribution < -0.4 is 10.6 Å². The summed E-state index contributed by atoms with van der Waals surface area (Å²) in [5.41, 5.74) is 2.07. The Bertz CT molecular complexity index is 796. The van der Waals surface area contributed by atoms with Crippen molar-refractivity contribution < 1.29 is 14.3 Å². The quantitative estimate of drug-likeness (QED) is 0.834. The second-order valence-electron chi connectivity index (χ2n) is 5.36. The fourth-order valence-corrected chi connectivity index (χ4v) is 3.73. The zero-order valence-electron chi connectivity index (χ0n) is 13.5. The minimum Gasteiger partial charge on any atom is -0.463 e. The van der Waals surface area contributed by atoms with Crippen molar-refractivity contribution in [3.8, 4) is 10.4 Å². The first-order valence-electron chi connectivity index (χ1n) is 7.70. The molecule has 0 spiro atoms. The van der Waals surface area contributed by atoms with Gasteiger partial charge in [0.05, 0.1) is 18.2 Å². The minimum absolute atomic E-state index is 0.288. The van der Waals surface area contributed by atoms with Crippen molar-refractivity contribution in [3.63, 3.8) is 0 Å². The lowest BCUT2D eigenvalue weighted by Gasteiger charge is -2.27. The highest BCUT2D eigenvalue weighted by Crippen LogP contribution is 2.36. The third-order valence-electron chi connectivity index (χ3n) is 3.73. The molecule has 0 fully saturated rings. The molecule has 24 heavy (non-hydrogen) atoms. The third-order valence-corrected chi connectivity index (χ3v) is 4.93. The van der Waals surface area contributed by atoms with Crippen LogP contribution in [0.25, 0.3) is 10.4 Å². The van der Waals surface area contributed by atoms with Gasteiger partial charge in [-0.1, -0.05) is 30.3 Å². The van der Waals surface area contributed by atoms with Crippen molar-refractivity contribution in [2.24, 2.45) is 0 Å². The molecule has 0 unspecified atom stereocenters. The van der Waals surface area contributed by atoms with Crippen molar-refractivity contribution in [1.29, 1.82) is 0 Å². The average molecular weight is 342 g/mol. The second-order valence-corrected chi connectivity index (χ2v) is 6.47. The van der Waals surface area contributed by atoms with Crippen LogP contribution in [0, 0.1) is 0 Å². The molecule has 5 nitrogen and oxygen atoms in total. The summed E-state index contributed by atoms with van der Waals surface area (Å²) in [6.07, 6.45) is 0. The summed E-state index contributed by atoms with van der Waals surface area (Å²) in [4.78, 5) is 26.1. The number of amides is 2. The number of ether oxygens (including phenoxy) is 1. The molecule has 2 amide bonds. The first-order valence-corrected chi connectivity index (χ1v) is 8.52. The van der Waals surface area contributed by atoms with Crippen LogP contribution in [0.15, 0.2) is 53.7 Å². The van der Waals surface area contributed by atoms with Gasteiger partial charge in [-0.15, -0.1) is 11.3 Å². The largest absolute Gasteiger partial charge is 0.463 e. The van der Waals surface area contributed by atoms with Crippen molar-refractivity contribution >= 4 is 23.3 Å². The molecule has 1 aromatic carbocycles. The second kappa shape index (κ2) is 6.88. The fraction of sp³-hybridized carbons (Fsp3) is 0.222. The Labute approximate surface area is 144 Å². The summed E-state index contributed by atoms with van der Waals surface area (Å²) in [6, 6.07) is 13.1. The van der Waals surface area contributed by atoms with Gasteiger partial charge >= 0.3 is 12.0 Å². The summed E-state index contributed by atoms with van der Waals surface area (Å²) in [7, 11) is 0. The zero-order chi connectivity index (χ0) is 17.1. The smallest absolute Gasteiger partial charge is 0.338 e. The van der Waals surface area contributed by atoms with E-state index in [0.717, 1.165) is 15.3 Å². The van der Waals surface area contributed by atoms with Crippen LogP contribution in [0.4, 0.5) is 4.79 Å². The fourth-order valence-electron chi connectivity index (χ4n) is 2.65. The van der Waals surface area contributed by atoms with Gasteiger partial charge in [0.25, 0.3) is 0 Å². The number of hydrogen-bond donors (Lipinski definition) is 2. The van der Waals surface area contributed by atoms with Gasteiger partial charge in [0, 0.05) is 15.5 Å². The highest BCUT2D eigenvalue weighted by molar-refractivity contribution is 7.15. The molecule has 2 N–H and O–H groups in total. The molecule has 6 heteroatoms. The van der Waals surface area contributed by atoms with Crippen LogP contribution in [0.5, 0.6) is 0 Å². The van der Waals surface area contributed by atoms with Crippen LogP contribution in [-0.2, 0) is 9.53 Å². The normalized spacial score (nSPS) is 17.2. The SMILES string of the molecule is CCOC(=O)C1=C(C)NC(=O)N[C@@H]1c1ccc(-c2ccccc2)s1. The van der Waals surface area contributed by atoms with Crippen LogP contribution in [0.3, 0.4) is 0 Å². The van der Waals surface area contributed by atoms with E-state index < -0.39 is 12.0 Å². The van der Waals surface area contributed by atoms with Gasteiger partial charge in [0.15, 0.2) is 0 Å². The number of allylic oxidation sites excluding steroid dienone is 1. The van der Waals surface area contributed by atoms with E-state index in [1.54, 1.807) is 25.2 Å². The van der Waals surface area contributed by atoms with E-state index in [2.05, 4.69) is 10.6 Å². The maximum atomic E-state index is 12.3. The van der Waals surface area contributed by atoms with Crippen LogP contribution in [0.2, 0.25) is 0 Å². The number of hydrogen-bond acceptors (Lipinski definition) is 4. The molecule has 2 heterocycles. The average Bonchev–Trinajstić information content (AvgIpc) is 3.05. The molecule has 0 radical (unpaired) electrons. The number of thiophene rings is 1. The van der Waals surface area contributed by atoms with Crippen LogP contribution in [0.1, 0.15) is 24.8 Å². The summed E-state index contributed by atoms with van der Waals surface area (Å²) >= 11 is 1.55. The Kier molecular flexibility index (Phi) is 4.66. The van der Waals surface area contributed by atoms with E-state index in [9.17, 15) is 9.59 Å². The number of esters is 1. The minimum atomic E-state index is -0.500. The Hall–Kier alpha value is -2.60. The Morgan fingerprint density at radius 2 is 1.96 bits per heavy atom. The van der Waals surface area contributed by atoms with E-state index in [1.165, 1.54) is 0 Å². The van der Waals surface area contributed by atoms with Gasteiger partial charge in [-0.2, -0.15) is 0 Å². The maximum absolute atomic E-state index is 12.3. The molecule has 1 aliphatic heterocycles. The molecule has 124 valence electrons. The predicted octanol–water partition coefficient (Wildman–Crippen LogP) is 3.61. The van der Waals surface area contributed by atoms with Gasteiger partial charge in [-0.25, -0.2) is 9.59 Å². The Morgan fingerprint density at radius 3 is 2.67 bits per heavy atom. The first-order chi connectivity index (χ1) is 11.6. The number of carbonyl (C=O) groups is 2. The highest BCUT2D eigenvalue weighted by atomic mass is 32.1.